The Morgan fingerprint density at radius 1 is 0.773 bits per heavy atom. The van der Waals surface area contributed by atoms with Crippen LogP contribution in [0.15, 0.2) is 0 Å². The minimum Gasteiger partial charge on any atom is -0.455 e. The van der Waals surface area contributed by atoms with Gasteiger partial charge in [0.15, 0.2) is 0 Å². The summed E-state index contributed by atoms with van der Waals surface area (Å²) in [6.45, 7) is 4.49. The fourth-order valence-corrected chi connectivity index (χ4v) is 3.20. The zero-order valence-electron chi connectivity index (χ0n) is 14.9. The molecule has 0 spiro atoms. The quantitative estimate of drug-likeness (QED) is 0.115. The van der Waals surface area contributed by atoms with E-state index in [1.165, 1.54) is 77.0 Å². The van der Waals surface area contributed by atoms with E-state index >= 15 is 0 Å². The van der Waals surface area contributed by atoms with Gasteiger partial charge in [-0.3, -0.25) is 4.79 Å². The molecule has 132 valence electrons. The number of alkyl halides is 1. The van der Waals surface area contributed by atoms with Crippen molar-refractivity contribution in [3.05, 3.63) is 0 Å². The van der Waals surface area contributed by atoms with Crippen LogP contribution >= 0.6 is 22.6 Å². The first-order valence-corrected chi connectivity index (χ1v) is 11.0. The third-order valence-corrected chi connectivity index (χ3v) is 4.65. The van der Waals surface area contributed by atoms with E-state index in [1.807, 2.05) is 0 Å². The van der Waals surface area contributed by atoms with Crippen molar-refractivity contribution >= 4 is 28.6 Å². The van der Waals surface area contributed by atoms with Gasteiger partial charge in [-0.1, -0.05) is 90.9 Å². The molecule has 0 aliphatic heterocycles. The average Bonchev–Trinajstić information content (AvgIpc) is 2.52. The molecule has 0 aliphatic rings. The largest absolute Gasteiger partial charge is 0.455 e. The van der Waals surface area contributed by atoms with Gasteiger partial charge in [-0.2, -0.15) is 0 Å². The first-order valence-electron chi connectivity index (χ1n) is 9.48. The molecule has 0 aromatic rings. The molecule has 0 aromatic heterocycles. The van der Waals surface area contributed by atoms with Gasteiger partial charge in [0, 0.05) is 0 Å². The molecule has 0 saturated heterocycles. The summed E-state index contributed by atoms with van der Waals surface area (Å²) in [4.78, 5) is 12.0. The zero-order chi connectivity index (χ0) is 16.5. The topological polar surface area (TPSA) is 26.3 Å². The van der Waals surface area contributed by atoms with Crippen molar-refractivity contribution in [2.45, 2.75) is 104 Å². The summed E-state index contributed by atoms with van der Waals surface area (Å²) in [5, 5.41) is 0. The van der Waals surface area contributed by atoms with Gasteiger partial charge in [0.2, 0.25) is 0 Å². The lowest BCUT2D eigenvalue weighted by atomic mass is 9.94. The summed E-state index contributed by atoms with van der Waals surface area (Å²) in [7, 11) is 0. The van der Waals surface area contributed by atoms with Crippen LogP contribution in [0.4, 0.5) is 0 Å². The minimum atomic E-state index is 0.0384. The van der Waals surface area contributed by atoms with Gasteiger partial charge >= 0.3 is 5.97 Å². The first kappa shape index (κ1) is 22.2. The fourth-order valence-electron chi connectivity index (χ4n) is 2.89. The Labute approximate surface area is 152 Å². The molecule has 0 bridgehead atoms. The van der Waals surface area contributed by atoms with E-state index in [-0.39, 0.29) is 11.9 Å². The third-order valence-electron chi connectivity index (χ3n) is 4.34. The predicted octanol–water partition coefficient (Wildman–Crippen LogP) is 7.04. The van der Waals surface area contributed by atoms with Crippen LogP contribution in [0.3, 0.4) is 0 Å². The third kappa shape index (κ3) is 13.8. The number of hydrogen-bond donors (Lipinski definition) is 0. The Bertz CT molecular complexity index is 228. The van der Waals surface area contributed by atoms with Crippen molar-refractivity contribution in [1.29, 1.82) is 0 Å². The second-order valence-electron chi connectivity index (χ2n) is 6.38. The van der Waals surface area contributed by atoms with E-state index in [0.29, 0.717) is 4.61 Å². The van der Waals surface area contributed by atoms with E-state index in [1.54, 1.807) is 0 Å². The van der Waals surface area contributed by atoms with Gasteiger partial charge in [-0.05, 0) is 35.4 Å². The maximum atomic E-state index is 12.0. The number of halogens is 1. The molecule has 0 aliphatic carbocycles. The lowest BCUT2D eigenvalue weighted by Crippen LogP contribution is -2.17. The molecule has 22 heavy (non-hydrogen) atoms. The molecule has 0 amide bonds. The Hall–Kier alpha value is 0.200. The Kier molecular flexibility index (Phi) is 17.7. The monoisotopic (exact) mass is 424 g/mol. The molecule has 0 atom stereocenters. The summed E-state index contributed by atoms with van der Waals surface area (Å²) in [5.41, 5.74) is 0. The summed E-state index contributed by atoms with van der Waals surface area (Å²) < 4.78 is 5.73. The molecule has 3 heteroatoms. The molecular formula is C19H37IO2. The molecule has 0 N–H and O–H groups in total. The number of rotatable bonds is 16. The van der Waals surface area contributed by atoms with Crippen molar-refractivity contribution < 1.29 is 9.53 Å². The number of unbranched alkanes of at least 4 members (excludes halogenated alkanes) is 10. The summed E-state index contributed by atoms with van der Waals surface area (Å²) >= 11 is 2.11. The van der Waals surface area contributed by atoms with Crippen molar-refractivity contribution in [3.63, 3.8) is 0 Å². The standard InChI is InChI=1S/C19H37IO2/c1-3-5-7-9-11-13-15-18(19(21)22-17-20)16-14-12-10-8-6-4-2/h18H,3-17H2,1-2H3. The average molecular weight is 424 g/mol. The van der Waals surface area contributed by atoms with E-state index in [9.17, 15) is 4.79 Å². The van der Waals surface area contributed by atoms with Crippen molar-refractivity contribution in [3.8, 4) is 0 Å². The van der Waals surface area contributed by atoms with Gasteiger partial charge < -0.3 is 4.74 Å². The van der Waals surface area contributed by atoms with Crippen LogP contribution in [0.5, 0.6) is 0 Å². The maximum absolute atomic E-state index is 12.0. The smallest absolute Gasteiger partial charge is 0.309 e. The highest BCUT2D eigenvalue weighted by molar-refractivity contribution is 14.1. The maximum Gasteiger partial charge on any atom is 0.309 e. The molecule has 0 aromatic carbocycles. The molecule has 2 nitrogen and oxygen atoms in total. The zero-order valence-corrected chi connectivity index (χ0v) is 17.0. The highest BCUT2D eigenvalue weighted by Crippen LogP contribution is 2.21. The van der Waals surface area contributed by atoms with Gasteiger partial charge in [0.1, 0.15) is 4.61 Å². The van der Waals surface area contributed by atoms with Crippen LogP contribution in [-0.4, -0.2) is 10.6 Å². The Balaban J connectivity index is 3.82. The van der Waals surface area contributed by atoms with Gasteiger partial charge in [0.05, 0.1) is 5.92 Å². The molecule has 0 rings (SSSR count). The van der Waals surface area contributed by atoms with Crippen LogP contribution in [0, 0.1) is 5.92 Å². The van der Waals surface area contributed by atoms with Crippen molar-refractivity contribution in [2.75, 3.05) is 4.61 Å². The molecular weight excluding hydrogens is 387 g/mol. The second kappa shape index (κ2) is 17.6. The van der Waals surface area contributed by atoms with E-state index in [2.05, 4.69) is 36.4 Å². The normalized spacial score (nSPS) is 11.1. The second-order valence-corrected chi connectivity index (χ2v) is 7.01. The van der Waals surface area contributed by atoms with Crippen LogP contribution in [-0.2, 0) is 9.53 Å². The molecule has 0 unspecified atom stereocenters. The van der Waals surface area contributed by atoms with E-state index in [4.69, 9.17) is 4.74 Å². The molecule has 0 radical (unpaired) electrons. The summed E-state index contributed by atoms with van der Waals surface area (Å²) in [5.74, 6) is 0.184. The Morgan fingerprint density at radius 3 is 1.59 bits per heavy atom. The molecule has 0 fully saturated rings. The highest BCUT2D eigenvalue weighted by Gasteiger charge is 2.18. The number of carbonyl (C=O) groups is 1. The first-order chi connectivity index (χ1) is 10.8. The summed E-state index contributed by atoms with van der Waals surface area (Å²) in [6, 6.07) is 0. The fraction of sp³-hybridized carbons (Fsp3) is 0.947. The number of ether oxygens (including phenoxy) is 1. The summed E-state index contributed by atoms with van der Waals surface area (Å²) in [6.07, 6.45) is 17.6. The van der Waals surface area contributed by atoms with E-state index < -0.39 is 0 Å². The lowest BCUT2D eigenvalue weighted by molar-refractivity contribution is -0.146. The SMILES string of the molecule is CCCCCCCCC(CCCCCCCC)C(=O)OCI. The van der Waals surface area contributed by atoms with Crippen LogP contribution < -0.4 is 0 Å². The minimum absolute atomic E-state index is 0.0384. The lowest BCUT2D eigenvalue weighted by Gasteiger charge is -2.15. The van der Waals surface area contributed by atoms with Crippen molar-refractivity contribution in [1.82, 2.24) is 0 Å². The number of esters is 1. The molecule has 0 saturated carbocycles. The number of carbonyl (C=O) groups excluding carboxylic acids is 1. The van der Waals surface area contributed by atoms with Crippen LogP contribution in [0.2, 0.25) is 0 Å². The van der Waals surface area contributed by atoms with Gasteiger partial charge in [0.25, 0.3) is 0 Å². The van der Waals surface area contributed by atoms with Crippen LogP contribution in [0.25, 0.3) is 0 Å². The van der Waals surface area contributed by atoms with E-state index in [0.717, 1.165) is 12.8 Å². The van der Waals surface area contributed by atoms with Crippen LogP contribution in [0.1, 0.15) is 104 Å². The van der Waals surface area contributed by atoms with Crippen molar-refractivity contribution in [2.24, 2.45) is 5.92 Å². The number of hydrogen-bond acceptors (Lipinski definition) is 2. The van der Waals surface area contributed by atoms with Gasteiger partial charge in [-0.15, -0.1) is 0 Å². The highest BCUT2D eigenvalue weighted by atomic mass is 127. The molecule has 0 heterocycles. The Morgan fingerprint density at radius 2 is 1.18 bits per heavy atom. The van der Waals surface area contributed by atoms with Gasteiger partial charge in [-0.25, -0.2) is 0 Å². The predicted molar refractivity (Wildman–Crippen MR) is 104 cm³/mol.